The second kappa shape index (κ2) is 5.70. The molecule has 0 amide bonds. The van der Waals surface area contributed by atoms with E-state index in [0.29, 0.717) is 5.56 Å². The highest BCUT2D eigenvalue weighted by atomic mass is 16.4. The van der Waals surface area contributed by atoms with Gasteiger partial charge < -0.3 is 10.8 Å². The summed E-state index contributed by atoms with van der Waals surface area (Å²) in [6, 6.07) is 8.70. The highest BCUT2D eigenvalue weighted by Crippen LogP contribution is 2.04. The second-order valence-electron chi connectivity index (χ2n) is 3.34. The smallest absolute Gasteiger partial charge is 0.303 e. The number of aliphatic carboxylic acids is 1. The van der Waals surface area contributed by atoms with E-state index in [1.807, 2.05) is 6.07 Å². The van der Waals surface area contributed by atoms with Gasteiger partial charge in [0.1, 0.15) is 0 Å². The Labute approximate surface area is 93.4 Å². The maximum atomic E-state index is 11.6. The lowest BCUT2D eigenvalue weighted by atomic mass is 10.1. The fourth-order valence-corrected chi connectivity index (χ4v) is 1.18. The minimum atomic E-state index is -0.927. The first-order chi connectivity index (χ1) is 7.59. The van der Waals surface area contributed by atoms with E-state index in [9.17, 15) is 9.59 Å². The van der Waals surface area contributed by atoms with Crippen molar-refractivity contribution in [2.75, 3.05) is 0 Å². The summed E-state index contributed by atoms with van der Waals surface area (Å²) in [5, 5.41) is 8.45. The summed E-state index contributed by atoms with van der Waals surface area (Å²) in [6.45, 7) is 0. The molecular formula is C12H13NO3. The Kier molecular flexibility index (Phi) is 4.27. The first-order valence-electron chi connectivity index (χ1n) is 4.87. The van der Waals surface area contributed by atoms with Crippen LogP contribution in [-0.4, -0.2) is 16.9 Å². The van der Waals surface area contributed by atoms with Gasteiger partial charge in [-0.1, -0.05) is 30.3 Å². The van der Waals surface area contributed by atoms with Crippen molar-refractivity contribution in [1.82, 2.24) is 0 Å². The van der Waals surface area contributed by atoms with Crippen molar-refractivity contribution in [2.24, 2.45) is 5.73 Å². The summed E-state index contributed by atoms with van der Waals surface area (Å²) in [4.78, 5) is 21.9. The molecule has 0 radical (unpaired) electrons. The predicted octanol–water partition coefficient (Wildman–Crippen LogP) is 1.58. The van der Waals surface area contributed by atoms with E-state index < -0.39 is 5.97 Å². The summed E-state index contributed by atoms with van der Waals surface area (Å²) in [6.07, 6.45) is 1.40. The van der Waals surface area contributed by atoms with E-state index in [-0.39, 0.29) is 24.3 Å². The van der Waals surface area contributed by atoms with Crippen LogP contribution in [-0.2, 0) is 4.79 Å². The van der Waals surface area contributed by atoms with Crippen LogP contribution in [0, 0.1) is 0 Å². The number of rotatable bonds is 5. The van der Waals surface area contributed by atoms with Crippen molar-refractivity contribution in [2.45, 2.75) is 12.8 Å². The second-order valence-corrected chi connectivity index (χ2v) is 3.34. The van der Waals surface area contributed by atoms with Gasteiger partial charge in [0, 0.05) is 17.3 Å². The van der Waals surface area contributed by atoms with Gasteiger partial charge in [-0.05, 0) is 6.42 Å². The van der Waals surface area contributed by atoms with Crippen molar-refractivity contribution in [3.8, 4) is 0 Å². The molecule has 0 heterocycles. The van der Waals surface area contributed by atoms with Gasteiger partial charge in [0.05, 0.1) is 6.42 Å². The van der Waals surface area contributed by atoms with Crippen LogP contribution in [0.4, 0.5) is 0 Å². The van der Waals surface area contributed by atoms with Crippen molar-refractivity contribution in [3.63, 3.8) is 0 Å². The molecule has 1 rings (SSSR count). The summed E-state index contributed by atoms with van der Waals surface area (Å²) >= 11 is 0. The first-order valence-corrected chi connectivity index (χ1v) is 4.87. The molecule has 1 aromatic carbocycles. The van der Waals surface area contributed by atoms with Crippen molar-refractivity contribution < 1.29 is 14.7 Å². The Morgan fingerprint density at radius 1 is 1.19 bits per heavy atom. The van der Waals surface area contributed by atoms with Gasteiger partial charge in [-0.25, -0.2) is 0 Å². The van der Waals surface area contributed by atoms with Crippen LogP contribution < -0.4 is 5.73 Å². The SMILES string of the molecule is N/C(=C\C(=O)c1ccccc1)CCC(=O)O. The number of carboxylic acid groups (broad SMARTS) is 1. The standard InChI is InChI=1S/C12H13NO3/c13-10(6-7-12(15)16)8-11(14)9-4-2-1-3-5-9/h1-5,8H,6-7,13H2,(H,15,16)/b10-8-. The average molecular weight is 219 g/mol. The number of allylic oxidation sites excluding steroid dienone is 2. The molecule has 4 heteroatoms. The molecule has 0 aliphatic rings. The third-order valence-electron chi connectivity index (χ3n) is 2.00. The first kappa shape index (κ1) is 12.0. The molecule has 16 heavy (non-hydrogen) atoms. The maximum absolute atomic E-state index is 11.6. The van der Waals surface area contributed by atoms with E-state index in [1.54, 1.807) is 24.3 Å². The van der Waals surface area contributed by atoms with Gasteiger partial charge in [0.2, 0.25) is 0 Å². The van der Waals surface area contributed by atoms with E-state index in [0.717, 1.165) is 0 Å². The molecule has 0 unspecified atom stereocenters. The molecule has 0 fully saturated rings. The van der Waals surface area contributed by atoms with Gasteiger partial charge >= 0.3 is 5.97 Å². The third kappa shape index (κ3) is 3.96. The molecule has 0 aliphatic carbocycles. The monoisotopic (exact) mass is 219 g/mol. The zero-order valence-corrected chi connectivity index (χ0v) is 8.72. The number of hydrogen-bond acceptors (Lipinski definition) is 3. The Morgan fingerprint density at radius 2 is 1.81 bits per heavy atom. The molecule has 84 valence electrons. The van der Waals surface area contributed by atoms with Gasteiger partial charge in [0.15, 0.2) is 5.78 Å². The lowest BCUT2D eigenvalue weighted by Crippen LogP contribution is -2.05. The van der Waals surface area contributed by atoms with Gasteiger partial charge in [0.25, 0.3) is 0 Å². The van der Waals surface area contributed by atoms with Gasteiger partial charge in [-0.15, -0.1) is 0 Å². The molecular weight excluding hydrogens is 206 g/mol. The zero-order chi connectivity index (χ0) is 12.0. The summed E-state index contributed by atoms with van der Waals surface area (Å²) in [5.74, 6) is -1.13. The largest absolute Gasteiger partial charge is 0.481 e. The number of hydrogen-bond donors (Lipinski definition) is 2. The van der Waals surface area contributed by atoms with Crippen LogP contribution in [0.2, 0.25) is 0 Å². The highest BCUT2D eigenvalue weighted by Gasteiger charge is 2.04. The number of benzene rings is 1. The highest BCUT2D eigenvalue weighted by molar-refractivity contribution is 6.04. The third-order valence-corrected chi connectivity index (χ3v) is 2.00. The summed E-state index contributed by atoms with van der Waals surface area (Å²) < 4.78 is 0. The van der Waals surface area contributed by atoms with Crippen LogP contribution in [0.15, 0.2) is 42.1 Å². The topological polar surface area (TPSA) is 80.4 Å². The lowest BCUT2D eigenvalue weighted by molar-refractivity contribution is -0.136. The minimum absolute atomic E-state index is 0.0651. The Morgan fingerprint density at radius 3 is 2.38 bits per heavy atom. The molecule has 0 atom stereocenters. The molecule has 0 bridgehead atoms. The van der Waals surface area contributed by atoms with Crippen LogP contribution in [0.3, 0.4) is 0 Å². The molecule has 0 aliphatic heterocycles. The molecule has 0 spiro atoms. The van der Waals surface area contributed by atoms with Gasteiger partial charge in [-0.2, -0.15) is 0 Å². The average Bonchev–Trinajstić information content (AvgIpc) is 2.27. The molecule has 0 aromatic heterocycles. The Bertz CT molecular complexity index is 410. The molecule has 3 N–H and O–H groups in total. The van der Waals surface area contributed by atoms with E-state index in [1.165, 1.54) is 6.08 Å². The van der Waals surface area contributed by atoms with Gasteiger partial charge in [-0.3, -0.25) is 9.59 Å². The van der Waals surface area contributed by atoms with Crippen molar-refractivity contribution in [3.05, 3.63) is 47.7 Å². The Hall–Kier alpha value is -2.10. The normalized spacial score (nSPS) is 11.1. The summed E-state index contributed by atoms with van der Waals surface area (Å²) in [7, 11) is 0. The van der Waals surface area contributed by atoms with Crippen LogP contribution in [0.5, 0.6) is 0 Å². The Balaban J connectivity index is 2.62. The minimum Gasteiger partial charge on any atom is -0.481 e. The van der Waals surface area contributed by atoms with Crippen LogP contribution >= 0.6 is 0 Å². The van der Waals surface area contributed by atoms with E-state index in [2.05, 4.69) is 0 Å². The lowest BCUT2D eigenvalue weighted by Gasteiger charge is -1.99. The number of carbonyl (C=O) groups excluding carboxylic acids is 1. The fraction of sp³-hybridized carbons (Fsp3) is 0.167. The molecule has 1 aromatic rings. The summed E-state index contributed by atoms with van der Waals surface area (Å²) in [5.41, 5.74) is 6.37. The molecule has 4 nitrogen and oxygen atoms in total. The van der Waals surface area contributed by atoms with Crippen LogP contribution in [0.1, 0.15) is 23.2 Å². The number of carbonyl (C=O) groups is 2. The molecule has 0 saturated heterocycles. The fourth-order valence-electron chi connectivity index (χ4n) is 1.18. The quantitative estimate of drug-likeness (QED) is 0.582. The predicted molar refractivity (Wildman–Crippen MR) is 59.9 cm³/mol. The van der Waals surface area contributed by atoms with Crippen molar-refractivity contribution in [1.29, 1.82) is 0 Å². The number of carboxylic acids is 1. The van der Waals surface area contributed by atoms with Crippen LogP contribution in [0.25, 0.3) is 0 Å². The van der Waals surface area contributed by atoms with E-state index >= 15 is 0 Å². The molecule has 0 saturated carbocycles. The maximum Gasteiger partial charge on any atom is 0.303 e. The number of nitrogens with two attached hydrogens (primary N) is 1. The zero-order valence-electron chi connectivity index (χ0n) is 8.72. The van der Waals surface area contributed by atoms with E-state index in [4.69, 9.17) is 10.8 Å². The van der Waals surface area contributed by atoms with Crippen molar-refractivity contribution >= 4 is 11.8 Å². The number of ketones is 1.